The highest BCUT2D eigenvalue weighted by Crippen LogP contribution is 2.20. The second-order valence-electron chi connectivity index (χ2n) is 4.79. The van der Waals surface area contributed by atoms with E-state index in [2.05, 4.69) is 35.8 Å². The molecule has 0 saturated carbocycles. The van der Waals surface area contributed by atoms with Crippen LogP contribution >= 0.6 is 0 Å². The van der Waals surface area contributed by atoms with Crippen LogP contribution in [-0.4, -0.2) is 44.2 Å². The zero-order chi connectivity index (χ0) is 14.4. The van der Waals surface area contributed by atoms with E-state index in [1.165, 1.54) is 7.11 Å². The molecule has 0 fully saturated rings. The zero-order valence-electron chi connectivity index (χ0n) is 12.1. The molecule has 19 heavy (non-hydrogen) atoms. The van der Waals surface area contributed by atoms with Gasteiger partial charge in [-0.3, -0.25) is 0 Å². The van der Waals surface area contributed by atoms with Crippen molar-refractivity contribution < 1.29 is 9.53 Å². The minimum Gasteiger partial charge on any atom is -0.465 e. The number of nitrogens with one attached hydrogen (secondary N) is 1. The van der Waals surface area contributed by atoms with Gasteiger partial charge < -0.3 is 20.7 Å². The Morgan fingerprint density at radius 1 is 1.47 bits per heavy atom. The molecule has 0 atom stereocenters. The molecule has 0 aliphatic carbocycles. The number of hydrogen-bond donors (Lipinski definition) is 2. The van der Waals surface area contributed by atoms with Gasteiger partial charge in [-0.25, -0.2) is 4.79 Å². The van der Waals surface area contributed by atoms with Crippen LogP contribution < -0.4 is 11.1 Å². The molecule has 0 unspecified atom stereocenters. The number of carbonyl (C=O) groups is 1. The van der Waals surface area contributed by atoms with Gasteiger partial charge in [-0.2, -0.15) is 0 Å². The third-order valence-electron chi connectivity index (χ3n) is 3.14. The lowest BCUT2D eigenvalue weighted by Crippen LogP contribution is -2.31. The zero-order valence-corrected chi connectivity index (χ0v) is 12.1. The number of likely N-dealkylation sites (N-methyl/N-ethyl adjacent to an activating group) is 1. The van der Waals surface area contributed by atoms with Crippen molar-refractivity contribution >= 4 is 17.3 Å². The Balaban J connectivity index is 2.65. The van der Waals surface area contributed by atoms with E-state index in [1.807, 2.05) is 0 Å². The maximum atomic E-state index is 11.4. The van der Waals surface area contributed by atoms with E-state index in [4.69, 9.17) is 5.73 Å². The molecule has 5 heteroatoms. The predicted molar refractivity (Wildman–Crippen MR) is 78.4 cm³/mol. The fourth-order valence-electron chi connectivity index (χ4n) is 1.58. The summed E-state index contributed by atoms with van der Waals surface area (Å²) < 4.78 is 4.69. The van der Waals surface area contributed by atoms with Crippen molar-refractivity contribution in [1.29, 1.82) is 0 Å². The van der Waals surface area contributed by atoms with Crippen molar-refractivity contribution in [2.45, 2.75) is 19.9 Å². The molecule has 0 amide bonds. The summed E-state index contributed by atoms with van der Waals surface area (Å²) in [5, 5.41) is 3.24. The molecular formula is C14H23N3O2. The first kappa shape index (κ1) is 15.3. The molecule has 5 nitrogen and oxygen atoms in total. The van der Waals surface area contributed by atoms with Crippen molar-refractivity contribution in [3.8, 4) is 0 Å². The minimum atomic E-state index is -0.359. The van der Waals surface area contributed by atoms with Crippen LogP contribution in [0.2, 0.25) is 0 Å². The van der Waals surface area contributed by atoms with Crippen LogP contribution in [0.15, 0.2) is 18.2 Å². The van der Waals surface area contributed by atoms with Gasteiger partial charge in [-0.05, 0) is 39.1 Å². The number of hydrogen-bond acceptors (Lipinski definition) is 5. The molecule has 0 saturated heterocycles. The van der Waals surface area contributed by atoms with Gasteiger partial charge in [0.2, 0.25) is 0 Å². The summed E-state index contributed by atoms with van der Waals surface area (Å²) in [5.41, 5.74) is 7.76. The van der Waals surface area contributed by atoms with Crippen molar-refractivity contribution in [3.63, 3.8) is 0 Å². The predicted octanol–water partition coefficient (Wildman–Crippen LogP) is 1.81. The highest BCUT2D eigenvalue weighted by atomic mass is 16.5. The topological polar surface area (TPSA) is 67.6 Å². The maximum absolute atomic E-state index is 11.4. The lowest BCUT2D eigenvalue weighted by atomic mass is 10.1. The Hall–Kier alpha value is -1.75. The third kappa shape index (κ3) is 4.44. The number of ether oxygens (including phenoxy) is 1. The first-order valence-corrected chi connectivity index (χ1v) is 6.37. The maximum Gasteiger partial charge on any atom is 0.337 e. The smallest absolute Gasteiger partial charge is 0.337 e. The molecular weight excluding hydrogens is 242 g/mol. The number of carbonyl (C=O) groups excluding carboxylic acids is 1. The van der Waals surface area contributed by atoms with Crippen molar-refractivity contribution in [2.75, 3.05) is 38.3 Å². The minimum absolute atomic E-state index is 0.359. The average molecular weight is 265 g/mol. The number of methoxy groups -OCH3 is 1. The van der Waals surface area contributed by atoms with Crippen LogP contribution in [0.5, 0.6) is 0 Å². The standard InChI is InChI=1S/C14H23N3O2/c1-10(2)17(3)8-7-16-13-9-11(14(18)19-4)5-6-12(13)15/h5-6,9-10,16H,7-8,15H2,1-4H3. The molecule has 0 radical (unpaired) electrons. The summed E-state index contributed by atoms with van der Waals surface area (Å²) in [6.45, 7) is 5.96. The number of benzene rings is 1. The van der Waals surface area contributed by atoms with Crippen LogP contribution in [-0.2, 0) is 4.74 Å². The molecule has 1 aromatic rings. The number of esters is 1. The molecule has 0 spiro atoms. The largest absolute Gasteiger partial charge is 0.465 e. The van der Waals surface area contributed by atoms with Crippen LogP contribution in [0.3, 0.4) is 0 Å². The molecule has 3 N–H and O–H groups in total. The molecule has 0 aliphatic rings. The average Bonchev–Trinajstić information content (AvgIpc) is 2.39. The van der Waals surface area contributed by atoms with Crippen molar-refractivity contribution in [2.24, 2.45) is 0 Å². The van der Waals surface area contributed by atoms with Gasteiger partial charge in [-0.1, -0.05) is 0 Å². The number of nitrogen functional groups attached to an aromatic ring is 1. The van der Waals surface area contributed by atoms with Gasteiger partial charge in [0.05, 0.1) is 24.0 Å². The Labute approximate surface area is 114 Å². The molecule has 0 bridgehead atoms. The highest BCUT2D eigenvalue weighted by Gasteiger charge is 2.08. The molecule has 0 heterocycles. The second kappa shape index (κ2) is 6.99. The van der Waals surface area contributed by atoms with E-state index < -0.39 is 0 Å². The first-order valence-electron chi connectivity index (χ1n) is 6.37. The Morgan fingerprint density at radius 3 is 2.74 bits per heavy atom. The Kier molecular flexibility index (Phi) is 5.63. The monoisotopic (exact) mass is 265 g/mol. The van der Waals surface area contributed by atoms with Gasteiger partial charge in [-0.15, -0.1) is 0 Å². The van der Waals surface area contributed by atoms with E-state index in [0.717, 1.165) is 18.8 Å². The molecule has 1 aromatic carbocycles. The highest BCUT2D eigenvalue weighted by molar-refractivity contribution is 5.91. The Bertz CT molecular complexity index is 433. The fourth-order valence-corrected chi connectivity index (χ4v) is 1.58. The summed E-state index contributed by atoms with van der Waals surface area (Å²) in [5.74, 6) is -0.359. The van der Waals surface area contributed by atoms with Crippen molar-refractivity contribution in [1.82, 2.24) is 4.90 Å². The van der Waals surface area contributed by atoms with Crippen LogP contribution in [0, 0.1) is 0 Å². The van der Waals surface area contributed by atoms with Crippen LogP contribution in [0.25, 0.3) is 0 Å². The first-order chi connectivity index (χ1) is 8.95. The van der Waals surface area contributed by atoms with Crippen molar-refractivity contribution in [3.05, 3.63) is 23.8 Å². The summed E-state index contributed by atoms with van der Waals surface area (Å²) >= 11 is 0. The second-order valence-corrected chi connectivity index (χ2v) is 4.79. The summed E-state index contributed by atoms with van der Waals surface area (Å²) in [4.78, 5) is 13.7. The van der Waals surface area contributed by atoms with Gasteiger partial charge in [0.25, 0.3) is 0 Å². The van der Waals surface area contributed by atoms with E-state index in [-0.39, 0.29) is 5.97 Å². The fraction of sp³-hybridized carbons (Fsp3) is 0.500. The summed E-state index contributed by atoms with van der Waals surface area (Å²) in [6, 6.07) is 5.59. The van der Waals surface area contributed by atoms with Crippen LogP contribution in [0.1, 0.15) is 24.2 Å². The summed E-state index contributed by atoms with van der Waals surface area (Å²) in [6.07, 6.45) is 0. The number of anilines is 2. The molecule has 0 aromatic heterocycles. The van der Waals surface area contributed by atoms with Crippen LogP contribution in [0.4, 0.5) is 11.4 Å². The third-order valence-corrected chi connectivity index (χ3v) is 3.14. The van der Waals surface area contributed by atoms with Gasteiger partial charge in [0, 0.05) is 19.1 Å². The van der Waals surface area contributed by atoms with Gasteiger partial charge in [0.1, 0.15) is 0 Å². The molecule has 106 valence electrons. The lowest BCUT2D eigenvalue weighted by Gasteiger charge is -2.21. The van der Waals surface area contributed by atoms with Gasteiger partial charge in [0.15, 0.2) is 0 Å². The van der Waals surface area contributed by atoms with E-state index in [1.54, 1.807) is 18.2 Å². The number of nitrogens with zero attached hydrogens (tertiary/aromatic N) is 1. The SMILES string of the molecule is COC(=O)c1ccc(N)c(NCCN(C)C(C)C)c1. The molecule has 0 aliphatic heterocycles. The molecule has 1 rings (SSSR count). The quantitative estimate of drug-likeness (QED) is 0.606. The van der Waals surface area contributed by atoms with Gasteiger partial charge >= 0.3 is 5.97 Å². The number of rotatable bonds is 6. The Morgan fingerprint density at radius 2 is 2.16 bits per heavy atom. The van der Waals surface area contributed by atoms with E-state index >= 15 is 0 Å². The van der Waals surface area contributed by atoms with E-state index in [9.17, 15) is 4.79 Å². The van der Waals surface area contributed by atoms with E-state index in [0.29, 0.717) is 17.3 Å². The lowest BCUT2D eigenvalue weighted by molar-refractivity contribution is 0.0601. The normalized spacial score (nSPS) is 10.8. The summed E-state index contributed by atoms with van der Waals surface area (Å²) in [7, 11) is 3.43. The number of nitrogens with two attached hydrogens (primary N) is 1.